The number of nitrogens with two attached hydrogens (primary N) is 1. The van der Waals surface area contributed by atoms with E-state index in [0.29, 0.717) is 5.69 Å². The fourth-order valence-electron chi connectivity index (χ4n) is 1.72. The van der Waals surface area contributed by atoms with Crippen LogP contribution >= 0.6 is 0 Å². The summed E-state index contributed by atoms with van der Waals surface area (Å²) in [4.78, 5) is 0. The molecule has 0 aromatic heterocycles. The van der Waals surface area contributed by atoms with E-state index in [9.17, 15) is 4.39 Å². The van der Waals surface area contributed by atoms with Crippen LogP contribution in [0.1, 0.15) is 0 Å². The van der Waals surface area contributed by atoms with E-state index >= 15 is 0 Å². The molecule has 3 aromatic carbocycles. The highest BCUT2D eigenvalue weighted by molar-refractivity contribution is 5.58. The summed E-state index contributed by atoms with van der Waals surface area (Å²) in [5.41, 5.74) is 7.92. The van der Waals surface area contributed by atoms with Crippen LogP contribution in [0.4, 0.5) is 21.5 Å². The maximum Gasteiger partial charge on any atom is 0.125 e. The van der Waals surface area contributed by atoms with Crippen LogP contribution in [0.2, 0.25) is 0 Å². The molecule has 0 radical (unpaired) electrons. The van der Waals surface area contributed by atoms with Gasteiger partial charge in [0.25, 0.3) is 0 Å². The molecule has 0 amide bonds. The molecule has 0 saturated heterocycles. The molecule has 0 unspecified atom stereocenters. The van der Waals surface area contributed by atoms with Gasteiger partial charge < -0.3 is 11.1 Å². The van der Waals surface area contributed by atoms with Gasteiger partial charge in [0.2, 0.25) is 0 Å². The minimum Gasteiger partial charge on any atom is -0.399 e. The highest BCUT2D eigenvalue weighted by Crippen LogP contribution is 2.14. The fraction of sp³-hybridized carbons (Fsp3) is 0. The normalized spacial score (nSPS) is 9.38. The number of rotatable bonds is 2. The Morgan fingerprint density at radius 2 is 1.19 bits per heavy atom. The average Bonchev–Trinajstić information content (AvgIpc) is 2.50. The van der Waals surface area contributed by atoms with Crippen LogP contribution < -0.4 is 11.1 Å². The first-order valence-corrected chi connectivity index (χ1v) is 6.62. The summed E-state index contributed by atoms with van der Waals surface area (Å²) in [5.74, 6) is -0.287. The summed E-state index contributed by atoms with van der Waals surface area (Å²) in [5, 5.41) is 3.30. The van der Waals surface area contributed by atoms with Crippen molar-refractivity contribution in [1.82, 2.24) is 0 Å². The first-order chi connectivity index (χ1) is 10.2. The van der Waals surface area contributed by atoms with Crippen molar-refractivity contribution >= 4 is 17.1 Å². The van der Waals surface area contributed by atoms with Crippen LogP contribution in [0, 0.1) is 5.82 Å². The zero-order chi connectivity index (χ0) is 14.9. The van der Waals surface area contributed by atoms with Crippen LogP contribution in [0.3, 0.4) is 0 Å². The van der Waals surface area contributed by atoms with Crippen LogP contribution in [-0.4, -0.2) is 0 Å². The lowest BCUT2D eigenvalue weighted by atomic mass is 10.3. The second kappa shape index (κ2) is 7.70. The van der Waals surface area contributed by atoms with Gasteiger partial charge in [-0.05, 0) is 42.5 Å². The van der Waals surface area contributed by atoms with Crippen molar-refractivity contribution in [2.24, 2.45) is 0 Å². The van der Waals surface area contributed by atoms with E-state index in [2.05, 4.69) is 5.32 Å². The van der Waals surface area contributed by atoms with E-state index in [4.69, 9.17) is 5.73 Å². The molecule has 0 aliphatic heterocycles. The molecule has 3 N–H and O–H groups in total. The number of hydrogen-bond acceptors (Lipinski definition) is 2. The van der Waals surface area contributed by atoms with Gasteiger partial charge in [-0.3, -0.25) is 0 Å². The molecule has 0 aliphatic carbocycles. The van der Waals surface area contributed by atoms with Gasteiger partial charge in [-0.25, -0.2) is 4.39 Å². The Hall–Kier alpha value is -2.81. The summed E-state index contributed by atoms with van der Waals surface area (Å²) in [7, 11) is 0. The first-order valence-electron chi connectivity index (χ1n) is 6.62. The predicted molar refractivity (Wildman–Crippen MR) is 87.0 cm³/mol. The van der Waals surface area contributed by atoms with Gasteiger partial charge in [-0.2, -0.15) is 0 Å². The molecule has 2 nitrogen and oxygen atoms in total. The van der Waals surface area contributed by atoms with Crippen molar-refractivity contribution in [3.63, 3.8) is 0 Å². The number of anilines is 3. The van der Waals surface area contributed by atoms with Gasteiger partial charge >= 0.3 is 0 Å². The van der Waals surface area contributed by atoms with Gasteiger partial charge in [0.05, 0.1) is 0 Å². The van der Waals surface area contributed by atoms with Gasteiger partial charge in [0, 0.05) is 17.1 Å². The van der Waals surface area contributed by atoms with Crippen LogP contribution in [0.5, 0.6) is 0 Å². The third kappa shape index (κ3) is 5.37. The minimum atomic E-state index is -0.287. The van der Waals surface area contributed by atoms with Gasteiger partial charge in [-0.15, -0.1) is 0 Å². The van der Waals surface area contributed by atoms with Crippen LogP contribution in [0.25, 0.3) is 0 Å². The Bertz CT molecular complexity index is 600. The number of hydrogen-bond donors (Lipinski definition) is 2. The van der Waals surface area contributed by atoms with E-state index in [-0.39, 0.29) is 5.82 Å². The standard InChI is InChI=1S/C12H11N.C6H6FN/c1-3-7-11(8-4-1)13-12-9-5-2-6-10-12;7-5-2-1-3-6(8)4-5/h1-10,13H;1-4H,8H2. The highest BCUT2D eigenvalue weighted by Gasteiger charge is 1.90. The summed E-state index contributed by atoms with van der Waals surface area (Å²) >= 11 is 0. The van der Waals surface area contributed by atoms with E-state index in [1.807, 2.05) is 60.7 Å². The molecular formula is C18H17FN2. The topological polar surface area (TPSA) is 38.0 Å². The Morgan fingerprint density at radius 3 is 1.57 bits per heavy atom. The summed E-state index contributed by atoms with van der Waals surface area (Å²) in [6.07, 6.45) is 0. The molecule has 0 heterocycles. The lowest BCUT2D eigenvalue weighted by Crippen LogP contribution is -1.87. The zero-order valence-corrected chi connectivity index (χ0v) is 11.5. The smallest absolute Gasteiger partial charge is 0.125 e. The van der Waals surface area contributed by atoms with E-state index in [1.165, 1.54) is 12.1 Å². The van der Waals surface area contributed by atoms with Crippen LogP contribution in [0.15, 0.2) is 84.9 Å². The van der Waals surface area contributed by atoms with E-state index < -0.39 is 0 Å². The third-order valence-electron chi connectivity index (χ3n) is 2.68. The zero-order valence-electron chi connectivity index (χ0n) is 11.5. The number of para-hydroxylation sites is 2. The minimum absolute atomic E-state index is 0.287. The second-order valence-corrected chi connectivity index (χ2v) is 4.41. The Kier molecular flexibility index (Phi) is 5.35. The Labute approximate surface area is 124 Å². The molecule has 0 spiro atoms. The summed E-state index contributed by atoms with van der Waals surface area (Å²) < 4.78 is 12.1. The summed E-state index contributed by atoms with van der Waals surface area (Å²) in [6, 6.07) is 26.1. The first kappa shape index (κ1) is 14.6. The van der Waals surface area contributed by atoms with Crippen molar-refractivity contribution in [2.75, 3.05) is 11.1 Å². The highest BCUT2D eigenvalue weighted by atomic mass is 19.1. The lowest BCUT2D eigenvalue weighted by Gasteiger charge is -2.04. The molecule has 0 aliphatic rings. The largest absolute Gasteiger partial charge is 0.399 e. The van der Waals surface area contributed by atoms with Crippen LogP contribution in [-0.2, 0) is 0 Å². The molecule has 106 valence electrons. The van der Waals surface area contributed by atoms with Crippen molar-refractivity contribution in [3.05, 3.63) is 90.7 Å². The van der Waals surface area contributed by atoms with Crippen molar-refractivity contribution in [3.8, 4) is 0 Å². The average molecular weight is 280 g/mol. The maximum absolute atomic E-state index is 12.1. The number of nitrogen functional groups attached to an aromatic ring is 1. The number of halogens is 1. The predicted octanol–water partition coefficient (Wildman–Crippen LogP) is 4.84. The van der Waals surface area contributed by atoms with Crippen molar-refractivity contribution in [2.45, 2.75) is 0 Å². The van der Waals surface area contributed by atoms with Crippen molar-refractivity contribution < 1.29 is 4.39 Å². The molecule has 0 saturated carbocycles. The monoisotopic (exact) mass is 280 g/mol. The molecular weight excluding hydrogens is 263 g/mol. The molecule has 0 atom stereocenters. The van der Waals surface area contributed by atoms with Gasteiger partial charge in [0.15, 0.2) is 0 Å². The maximum atomic E-state index is 12.1. The number of nitrogens with one attached hydrogen (secondary N) is 1. The number of benzene rings is 3. The van der Waals surface area contributed by atoms with E-state index in [0.717, 1.165) is 11.4 Å². The Morgan fingerprint density at radius 1 is 0.667 bits per heavy atom. The SMILES string of the molecule is Nc1cccc(F)c1.c1ccc(Nc2ccccc2)cc1. The van der Waals surface area contributed by atoms with Gasteiger partial charge in [0.1, 0.15) is 5.82 Å². The molecule has 0 bridgehead atoms. The summed E-state index contributed by atoms with van der Waals surface area (Å²) in [6.45, 7) is 0. The van der Waals surface area contributed by atoms with Gasteiger partial charge in [-0.1, -0.05) is 42.5 Å². The molecule has 3 heteroatoms. The fourth-order valence-corrected chi connectivity index (χ4v) is 1.72. The van der Waals surface area contributed by atoms with E-state index in [1.54, 1.807) is 12.1 Å². The quantitative estimate of drug-likeness (QED) is 0.659. The van der Waals surface area contributed by atoms with Crippen molar-refractivity contribution in [1.29, 1.82) is 0 Å². The second-order valence-electron chi connectivity index (χ2n) is 4.41. The lowest BCUT2D eigenvalue weighted by molar-refractivity contribution is 0.628. The molecule has 3 aromatic rings. The molecule has 21 heavy (non-hydrogen) atoms. The molecule has 0 fully saturated rings. The third-order valence-corrected chi connectivity index (χ3v) is 2.68. The molecule has 3 rings (SSSR count). The Balaban J connectivity index is 0.000000173.